The molecule has 1 aromatic carbocycles. The van der Waals surface area contributed by atoms with Gasteiger partial charge in [0, 0.05) is 42.2 Å². The van der Waals surface area contributed by atoms with Gasteiger partial charge >= 0.3 is 0 Å². The third-order valence-electron chi connectivity index (χ3n) is 6.21. The normalized spacial score (nSPS) is 20.7. The molecule has 0 radical (unpaired) electrons. The minimum absolute atomic E-state index is 0.175. The summed E-state index contributed by atoms with van der Waals surface area (Å²) >= 11 is 6.16. The molecule has 9 nitrogen and oxygen atoms in total. The molecule has 2 aromatic heterocycles. The average molecular weight is 475 g/mol. The smallest absolute Gasteiger partial charge is 0.255 e. The molecule has 1 aliphatic heterocycles. The van der Waals surface area contributed by atoms with Crippen molar-refractivity contribution >= 4 is 61.8 Å². The van der Waals surface area contributed by atoms with Crippen LogP contribution in [0.15, 0.2) is 29.4 Å². The maximum absolute atomic E-state index is 13.2. The van der Waals surface area contributed by atoms with Gasteiger partial charge < -0.3 is 15.2 Å². The number of halogens is 1. The van der Waals surface area contributed by atoms with Gasteiger partial charge in [0.1, 0.15) is 15.5 Å². The zero-order valence-corrected chi connectivity index (χ0v) is 19.2. The minimum atomic E-state index is -3.11. The van der Waals surface area contributed by atoms with Crippen molar-refractivity contribution in [2.75, 3.05) is 17.7 Å². The highest BCUT2D eigenvalue weighted by Crippen LogP contribution is 2.41. The van der Waals surface area contributed by atoms with Crippen molar-refractivity contribution in [3.05, 3.63) is 35.0 Å². The molecule has 2 unspecified atom stereocenters. The molecule has 3 aromatic rings. The molecular weight excluding hydrogens is 452 g/mol. The van der Waals surface area contributed by atoms with E-state index in [-0.39, 0.29) is 11.9 Å². The third-order valence-corrected chi connectivity index (χ3v) is 8.08. The quantitative estimate of drug-likeness (QED) is 0.603. The predicted octanol–water partition coefficient (Wildman–Crippen LogP) is 3.10. The number of nitrogens with zero attached hydrogens (tertiary/aromatic N) is 4. The molecule has 11 heteroatoms. The van der Waals surface area contributed by atoms with Gasteiger partial charge in [-0.3, -0.25) is 9.48 Å². The zero-order chi connectivity index (χ0) is 22.6. The molecule has 2 atom stereocenters. The number of H-pyrrole nitrogens is 1. The molecule has 0 saturated heterocycles. The van der Waals surface area contributed by atoms with Crippen molar-refractivity contribution in [2.24, 2.45) is 12.0 Å². The summed E-state index contributed by atoms with van der Waals surface area (Å²) in [5.74, 6) is 1.03. The van der Waals surface area contributed by atoms with Gasteiger partial charge in [-0.2, -0.15) is 5.10 Å². The summed E-state index contributed by atoms with van der Waals surface area (Å²) in [7, 11) is -1.26. The highest BCUT2D eigenvalue weighted by molar-refractivity contribution is 7.91. The number of aromatic nitrogens is 3. The standard InChI is InChI=1S/C21H23ClN6O3S/c1-27-17-9-12(22)3-6-15(17)20(26-27)28-8-7-23-19-18(28)16(11-24-19)21(29)25-13-4-5-14(10-13)32(2,30)31/h3,6-7,9,11,13-14,24H,4-5,8,10H2,1-2H3,(H,25,29). The molecule has 0 spiro atoms. The molecule has 2 aliphatic rings. The highest BCUT2D eigenvalue weighted by Gasteiger charge is 2.34. The Morgan fingerprint density at radius 3 is 2.88 bits per heavy atom. The number of aromatic amines is 1. The van der Waals surface area contributed by atoms with Crippen LogP contribution in [0.2, 0.25) is 5.02 Å². The molecular formula is C21H23ClN6O3S. The van der Waals surface area contributed by atoms with Gasteiger partial charge in [0.05, 0.1) is 22.9 Å². The molecule has 1 saturated carbocycles. The lowest BCUT2D eigenvalue weighted by molar-refractivity contribution is 0.0938. The number of carbonyl (C=O) groups is 1. The van der Waals surface area contributed by atoms with E-state index in [4.69, 9.17) is 11.6 Å². The molecule has 5 rings (SSSR count). The highest BCUT2D eigenvalue weighted by atomic mass is 35.5. The molecule has 2 N–H and O–H groups in total. The number of amides is 1. The van der Waals surface area contributed by atoms with Gasteiger partial charge in [0.2, 0.25) is 0 Å². The summed E-state index contributed by atoms with van der Waals surface area (Å²) in [6.45, 7) is 0.458. The van der Waals surface area contributed by atoms with Gasteiger partial charge in [-0.05, 0) is 37.5 Å². The van der Waals surface area contributed by atoms with E-state index < -0.39 is 15.1 Å². The summed E-state index contributed by atoms with van der Waals surface area (Å²) in [5.41, 5.74) is 1.99. The van der Waals surface area contributed by atoms with Gasteiger partial charge in [0.25, 0.3) is 5.91 Å². The number of sulfone groups is 1. The zero-order valence-electron chi connectivity index (χ0n) is 17.7. The number of benzene rings is 1. The average Bonchev–Trinajstić information content (AvgIpc) is 3.45. The first-order valence-corrected chi connectivity index (χ1v) is 12.7. The van der Waals surface area contributed by atoms with E-state index >= 15 is 0 Å². The number of nitrogens with one attached hydrogen (secondary N) is 2. The number of rotatable bonds is 4. The topological polar surface area (TPSA) is 112 Å². The Hall–Kier alpha value is -2.85. The van der Waals surface area contributed by atoms with E-state index in [2.05, 4.69) is 20.4 Å². The van der Waals surface area contributed by atoms with Crippen LogP contribution in [-0.4, -0.2) is 59.4 Å². The predicted molar refractivity (Wildman–Crippen MR) is 125 cm³/mol. The summed E-state index contributed by atoms with van der Waals surface area (Å²) in [5, 5.41) is 8.83. The number of fused-ring (bicyclic) bond motifs is 2. The summed E-state index contributed by atoms with van der Waals surface area (Å²) in [4.78, 5) is 22.6. The Morgan fingerprint density at radius 2 is 2.12 bits per heavy atom. The second-order valence-corrected chi connectivity index (χ2v) is 11.1. The van der Waals surface area contributed by atoms with Gasteiger partial charge in [-0.25, -0.2) is 13.4 Å². The summed E-state index contributed by atoms with van der Waals surface area (Å²) in [6, 6.07) is 5.42. The van der Waals surface area contributed by atoms with Crippen molar-refractivity contribution in [3.8, 4) is 0 Å². The van der Waals surface area contributed by atoms with Crippen LogP contribution < -0.4 is 10.2 Å². The number of anilines is 2. The van der Waals surface area contributed by atoms with Crippen LogP contribution in [0.3, 0.4) is 0 Å². The largest absolute Gasteiger partial charge is 0.349 e. The Labute approximate surface area is 190 Å². The first-order chi connectivity index (χ1) is 15.2. The van der Waals surface area contributed by atoms with Crippen molar-refractivity contribution in [1.82, 2.24) is 20.1 Å². The summed E-state index contributed by atoms with van der Waals surface area (Å²) < 4.78 is 25.5. The molecule has 0 bridgehead atoms. The van der Waals surface area contributed by atoms with E-state index in [9.17, 15) is 13.2 Å². The molecule has 1 aliphatic carbocycles. The Morgan fingerprint density at radius 1 is 1.31 bits per heavy atom. The monoisotopic (exact) mass is 474 g/mol. The molecule has 3 heterocycles. The fourth-order valence-corrected chi connectivity index (χ4v) is 5.89. The molecule has 32 heavy (non-hydrogen) atoms. The second-order valence-electron chi connectivity index (χ2n) is 8.37. The molecule has 168 valence electrons. The molecule has 1 amide bonds. The summed E-state index contributed by atoms with van der Waals surface area (Å²) in [6.07, 6.45) is 6.30. The van der Waals surface area contributed by atoms with Crippen molar-refractivity contribution < 1.29 is 13.2 Å². The number of aliphatic imine (C=N–C) groups is 1. The fourth-order valence-electron chi connectivity index (χ4n) is 4.58. The van der Waals surface area contributed by atoms with Crippen molar-refractivity contribution in [2.45, 2.75) is 30.6 Å². The lowest BCUT2D eigenvalue weighted by atomic mass is 10.1. The fraction of sp³-hybridized carbons (Fsp3) is 0.381. The molecule has 1 fully saturated rings. The lowest BCUT2D eigenvalue weighted by Gasteiger charge is -2.25. The van der Waals surface area contributed by atoms with Gasteiger partial charge in [-0.15, -0.1) is 0 Å². The number of carbonyl (C=O) groups excluding carboxylic acids is 1. The SMILES string of the molecule is Cn1nc(N2CC=Nc3[nH]cc(C(=O)NC4CCC(S(C)(=O)=O)C4)c32)c2ccc(Cl)cc21. The van der Waals surface area contributed by atoms with Crippen molar-refractivity contribution in [3.63, 3.8) is 0 Å². The van der Waals surface area contributed by atoms with Crippen LogP contribution >= 0.6 is 11.6 Å². The van der Waals surface area contributed by atoms with E-state index in [1.165, 1.54) is 6.26 Å². The van der Waals surface area contributed by atoms with Crippen LogP contribution in [0.1, 0.15) is 29.6 Å². The van der Waals surface area contributed by atoms with E-state index in [1.54, 1.807) is 17.1 Å². The van der Waals surface area contributed by atoms with E-state index in [1.807, 2.05) is 30.1 Å². The minimum Gasteiger partial charge on any atom is -0.349 e. The third kappa shape index (κ3) is 3.57. The maximum Gasteiger partial charge on any atom is 0.255 e. The van der Waals surface area contributed by atoms with Gasteiger partial charge in [-0.1, -0.05) is 11.6 Å². The van der Waals surface area contributed by atoms with Crippen LogP contribution in [-0.2, 0) is 16.9 Å². The maximum atomic E-state index is 13.2. The van der Waals surface area contributed by atoms with Crippen LogP contribution in [0.5, 0.6) is 0 Å². The Balaban J connectivity index is 1.47. The lowest BCUT2D eigenvalue weighted by Crippen LogP contribution is -2.35. The Kier molecular flexibility index (Phi) is 5.01. The number of aryl methyl sites for hydroxylation is 1. The van der Waals surface area contributed by atoms with Crippen molar-refractivity contribution in [1.29, 1.82) is 0 Å². The van der Waals surface area contributed by atoms with E-state index in [0.29, 0.717) is 53.7 Å². The van der Waals surface area contributed by atoms with Gasteiger partial charge in [0.15, 0.2) is 11.6 Å². The van der Waals surface area contributed by atoms with Crippen LogP contribution in [0.25, 0.3) is 10.9 Å². The van der Waals surface area contributed by atoms with E-state index in [0.717, 1.165) is 10.9 Å². The number of hydrogen-bond donors (Lipinski definition) is 2. The van der Waals surface area contributed by atoms with Crippen LogP contribution in [0, 0.1) is 0 Å². The Bertz CT molecular complexity index is 1360. The second kappa shape index (κ2) is 7.63. The van der Waals surface area contributed by atoms with Crippen LogP contribution in [0.4, 0.5) is 17.3 Å². The first kappa shape index (κ1) is 21.0. The first-order valence-electron chi connectivity index (χ1n) is 10.4. The number of hydrogen-bond acceptors (Lipinski definition) is 6.